The summed E-state index contributed by atoms with van der Waals surface area (Å²) in [5.74, 6) is 2.02. The first-order valence-electron chi connectivity index (χ1n) is 9.30. The van der Waals surface area contributed by atoms with Crippen LogP contribution in [0.2, 0.25) is 0 Å². The van der Waals surface area contributed by atoms with Crippen LogP contribution in [0.15, 0.2) is 0 Å². The minimum absolute atomic E-state index is 0.822. The Bertz CT molecular complexity index is 244. The molecule has 0 bridgehead atoms. The summed E-state index contributed by atoms with van der Waals surface area (Å²) < 4.78 is 0. The summed E-state index contributed by atoms with van der Waals surface area (Å²) in [5, 5.41) is 3.93. The first-order chi connectivity index (χ1) is 9.85. The molecule has 0 heterocycles. The molecule has 0 aliphatic heterocycles. The standard InChI is InChI=1S/C18H36N2/c1-3-20(4-2)15-14-19-18-13-9-8-12-17(18)16-10-6-5-7-11-16/h16-19H,3-15H2,1-2H3. The number of rotatable bonds is 7. The topological polar surface area (TPSA) is 15.3 Å². The Morgan fingerprint density at radius 1 is 0.850 bits per heavy atom. The SMILES string of the molecule is CCN(CC)CCNC1CCCCC1C1CCCCC1. The van der Waals surface area contributed by atoms with Crippen LogP contribution < -0.4 is 5.32 Å². The van der Waals surface area contributed by atoms with Crippen LogP contribution in [0.1, 0.15) is 71.6 Å². The predicted molar refractivity (Wildman–Crippen MR) is 88.1 cm³/mol. The monoisotopic (exact) mass is 280 g/mol. The summed E-state index contributed by atoms with van der Waals surface area (Å²) in [7, 11) is 0. The van der Waals surface area contributed by atoms with E-state index in [1.54, 1.807) is 0 Å². The van der Waals surface area contributed by atoms with Crippen molar-refractivity contribution in [3.8, 4) is 0 Å². The van der Waals surface area contributed by atoms with E-state index in [0.717, 1.165) is 17.9 Å². The molecule has 0 aromatic heterocycles. The lowest BCUT2D eigenvalue weighted by Gasteiger charge is -2.39. The van der Waals surface area contributed by atoms with Crippen molar-refractivity contribution in [1.29, 1.82) is 0 Å². The third kappa shape index (κ3) is 4.73. The van der Waals surface area contributed by atoms with Crippen molar-refractivity contribution in [1.82, 2.24) is 10.2 Å². The molecule has 2 aliphatic carbocycles. The molecule has 2 fully saturated rings. The Labute approximate surface area is 126 Å². The van der Waals surface area contributed by atoms with Gasteiger partial charge >= 0.3 is 0 Å². The van der Waals surface area contributed by atoms with E-state index in [1.165, 1.54) is 84.0 Å². The molecule has 2 heteroatoms. The number of hydrogen-bond donors (Lipinski definition) is 1. The number of hydrogen-bond acceptors (Lipinski definition) is 2. The average molecular weight is 280 g/mol. The highest BCUT2D eigenvalue weighted by molar-refractivity contribution is 4.87. The fraction of sp³-hybridized carbons (Fsp3) is 1.00. The molecule has 0 amide bonds. The lowest BCUT2D eigenvalue weighted by molar-refractivity contribution is 0.147. The van der Waals surface area contributed by atoms with Gasteiger partial charge < -0.3 is 10.2 Å². The second kappa shape index (κ2) is 9.04. The largest absolute Gasteiger partial charge is 0.312 e. The van der Waals surface area contributed by atoms with E-state index in [1.807, 2.05) is 0 Å². The molecule has 0 aromatic rings. The van der Waals surface area contributed by atoms with E-state index in [-0.39, 0.29) is 0 Å². The normalized spacial score (nSPS) is 28.9. The molecule has 2 saturated carbocycles. The van der Waals surface area contributed by atoms with Gasteiger partial charge in [-0.1, -0.05) is 58.8 Å². The van der Waals surface area contributed by atoms with Gasteiger partial charge in [-0.25, -0.2) is 0 Å². The molecule has 2 nitrogen and oxygen atoms in total. The molecule has 118 valence electrons. The van der Waals surface area contributed by atoms with Gasteiger partial charge in [-0.15, -0.1) is 0 Å². The quantitative estimate of drug-likeness (QED) is 0.756. The molecule has 20 heavy (non-hydrogen) atoms. The molecular weight excluding hydrogens is 244 g/mol. The van der Waals surface area contributed by atoms with Gasteiger partial charge in [-0.3, -0.25) is 0 Å². The van der Waals surface area contributed by atoms with E-state index in [0.29, 0.717) is 0 Å². The van der Waals surface area contributed by atoms with Crippen LogP contribution in [0.4, 0.5) is 0 Å². The number of likely N-dealkylation sites (N-methyl/N-ethyl adjacent to an activating group) is 1. The van der Waals surface area contributed by atoms with Crippen molar-refractivity contribution in [3.63, 3.8) is 0 Å². The van der Waals surface area contributed by atoms with Crippen LogP contribution in [-0.2, 0) is 0 Å². The minimum Gasteiger partial charge on any atom is -0.312 e. The van der Waals surface area contributed by atoms with Gasteiger partial charge in [0.25, 0.3) is 0 Å². The summed E-state index contributed by atoms with van der Waals surface area (Å²) in [6, 6.07) is 0.822. The van der Waals surface area contributed by atoms with Crippen LogP contribution in [0, 0.1) is 11.8 Å². The Kier molecular flexibility index (Phi) is 7.37. The van der Waals surface area contributed by atoms with Gasteiger partial charge in [-0.05, 0) is 37.8 Å². The van der Waals surface area contributed by atoms with Gasteiger partial charge in [0.05, 0.1) is 0 Å². The average Bonchev–Trinajstić information content (AvgIpc) is 2.53. The highest BCUT2D eigenvalue weighted by atomic mass is 15.1. The maximum Gasteiger partial charge on any atom is 0.0107 e. The van der Waals surface area contributed by atoms with Crippen LogP contribution in [0.5, 0.6) is 0 Å². The van der Waals surface area contributed by atoms with Crippen LogP contribution in [-0.4, -0.2) is 37.1 Å². The van der Waals surface area contributed by atoms with Crippen molar-refractivity contribution >= 4 is 0 Å². The minimum atomic E-state index is 0.822. The second-order valence-corrected chi connectivity index (χ2v) is 6.93. The fourth-order valence-electron chi connectivity index (χ4n) is 4.49. The van der Waals surface area contributed by atoms with E-state index in [4.69, 9.17) is 0 Å². The third-order valence-corrected chi connectivity index (χ3v) is 5.80. The van der Waals surface area contributed by atoms with Crippen LogP contribution >= 0.6 is 0 Å². The van der Waals surface area contributed by atoms with Gasteiger partial charge in [0.2, 0.25) is 0 Å². The van der Waals surface area contributed by atoms with Crippen molar-refractivity contribution < 1.29 is 0 Å². The first kappa shape index (κ1) is 16.3. The van der Waals surface area contributed by atoms with Gasteiger partial charge in [-0.2, -0.15) is 0 Å². The van der Waals surface area contributed by atoms with Crippen molar-refractivity contribution in [2.75, 3.05) is 26.2 Å². The van der Waals surface area contributed by atoms with E-state index >= 15 is 0 Å². The van der Waals surface area contributed by atoms with Gasteiger partial charge in [0.1, 0.15) is 0 Å². The molecule has 0 saturated heterocycles. The fourth-order valence-corrected chi connectivity index (χ4v) is 4.49. The second-order valence-electron chi connectivity index (χ2n) is 6.93. The van der Waals surface area contributed by atoms with E-state index in [9.17, 15) is 0 Å². The molecule has 0 radical (unpaired) electrons. The third-order valence-electron chi connectivity index (χ3n) is 5.80. The predicted octanol–water partition coefficient (Wildman–Crippen LogP) is 4.06. The van der Waals surface area contributed by atoms with E-state index in [2.05, 4.69) is 24.1 Å². The number of nitrogens with one attached hydrogen (secondary N) is 1. The number of nitrogens with zero attached hydrogens (tertiary/aromatic N) is 1. The zero-order valence-electron chi connectivity index (χ0n) is 13.9. The zero-order chi connectivity index (χ0) is 14.2. The summed E-state index contributed by atoms with van der Waals surface area (Å²) in [6.45, 7) is 9.34. The van der Waals surface area contributed by atoms with Crippen molar-refractivity contribution in [2.24, 2.45) is 11.8 Å². The molecule has 2 unspecified atom stereocenters. The summed E-state index contributed by atoms with van der Waals surface area (Å²) >= 11 is 0. The molecule has 1 N–H and O–H groups in total. The molecule has 0 spiro atoms. The lowest BCUT2D eigenvalue weighted by atomic mass is 9.71. The Morgan fingerprint density at radius 3 is 2.20 bits per heavy atom. The lowest BCUT2D eigenvalue weighted by Crippen LogP contribution is -2.45. The highest BCUT2D eigenvalue weighted by Crippen LogP contribution is 2.38. The zero-order valence-corrected chi connectivity index (χ0v) is 13.9. The molecular formula is C18H36N2. The molecule has 2 rings (SSSR count). The van der Waals surface area contributed by atoms with Gasteiger partial charge in [0, 0.05) is 19.1 Å². The highest BCUT2D eigenvalue weighted by Gasteiger charge is 2.31. The van der Waals surface area contributed by atoms with Crippen LogP contribution in [0.3, 0.4) is 0 Å². The Hall–Kier alpha value is -0.0800. The Balaban J connectivity index is 1.77. The maximum atomic E-state index is 3.93. The summed E-state index contributed by atoms with van der Waals surface area (Å²) in [5.41, 5.74) is 0. The Morgan fingerprint density at radius 2 is 1.50 bits per heavy atom. The summed E-state index contributed by atoms with van der Waals surface area (Å²) in [6.07, 6.45) is 13.4. The smallest absolute Gasteiger partial charge is 0.0107 e. The van der Waals surface area contributed by atoms with Gasteiger partial charge in [0.15, 0.2) is 0 Å². The van der Waals surface area contributed by atoms with E-state index < -0.39 is 0 Å². The summed E-state index contributed by atoms with van der Waals surface area (Å²) in [4.78, 5) is 2.53. The van der Waals surface area contributed by atoms with Crippen molar-refractivity contribution in [3.05, 3.63) is 0 Å². The molecule has 2 aliphatic rings. The molecule has 0 aromatic carbocycles. The van der Waals surface area contributed by atoms with Crippen molar-refractivity contribution in [2.45, 2.75) is 77.7 Å². The van der Waals surface area contributed by atoms with Crippen LogP contribution in [0.25, 0.3) is 0 Å². The maximum absolute atomic E-state index is 3.93. The molecule has 2 atom stereocenters. The first-order valence-corrected chi connectivity index (χ1v) is 9.30.